The Labute approximate surface area is 86.9 Å². The van der Waals surface area contributed by atoms with Crippen LogP contribution in [0.2, 0.25) is 0 Å². The van der Waals surface area contributed by atoms with Gasteiger partial charge in [0.05, 0.1) is 25.9 Å². The summed E-state index contributed by atoms with van der Waals surface area (Å²) < 4.78 is 11.0. The topological polar surface area (TPSA) is 44.5 Å². The van der Waals surface area contributed by atoms with Gasteiger partial charge in [-0.15, -0.1) is 0 Å². The van der Waals surface area contributed by atoms with E-state index in [1.807, 2.05) is 13.8 Å². The maximum atomic E-state index is 5.58. The third-order valence-corrected chi connectivity index (χ3v) is 2.72. The van der Waals surface area contributed by atoms with Crippen LogP contribution in [0, 0.1) is 5.41 Å². The van der Waals surface area contributed by atoms with E-state index in [4.69, 9.17) is 15.2 Å². The number of nitrogens with two attached hydrogens (primary N) is 1. The number of hydrogen-bond donors (Lipinski definition) is 1. The van der Waals surface area contributed by atoms with Gasteiger partial charge in [0.15, 0.2) is 0 Å². The molecule has 0 unspecified atom stereocenters. The summed E-state index contributed by atoms with van der Waals surface area (Å²) in [6.07, 6.45) is 3.99. The molecule has 0 spiro atoms. The lowest BCUT2D eigenvalue weighted by molar-refractivity contribution is 0.00586. The molecule has 1 saturated carbocycles. The van der Waals surface area contributed by atoms with Gasteiger partial charge in [-0.2, -0.15) is 0 Å². The van der Waals surface area contributed by atoms with Crippen molar-refractivity contribution in [2.75, 3.05) is 26.4 Å². The molecule has 0 atom stereocenters. The van der Waals surface area contributed by atoms with Crippen molar-refractivity contribution in [2.45, 2.75) is 39.2 Å². The lowest BCUT2D eigenvalue weighted by atomic mass is 10.0. The Kier molecular flexibility index (Phi) is 4.85. The molecule has 2 N–H and O–H groups in total. The predicted octanol–water partition coefficient (Wildman–Crippen LogP) is 1.56. The zero-order valence-electron chi connectivity index (χ0n) is 9.42. The van der Waals surface area contributed by atoms with Crippen molar-refractivity contribution in [1.29, 1.82) is 0 Å². The zero-order valence-corrected chi connectivity index (χ0v) is 9.42. The Balaban J connectivity index is 1.93. The molecule has 3 nitrogen and oxygen atoms in total. The van der Waals surface area contributed by atoms with E-state index in [9.17, 15) is 0 Å². The molecule has 3 heteroatoms. The Bertz CT molecular complexity index is 155. The van der Waals surface area contributed by atoms with Crippen LogP contribution in [0.15, 0.2) is 0 Å². The molecular formula is C11H23NO2. The van der Waals surface area contributed by atoms with Crippen LogP contribution >= 0.6 is 0 Å². The lowest BCUT2D eigenvalue weighted by Gasteiger charge is -2.14. The highest BCUT2D eigenvalue weighted by Gasteiger charge is 2.41. The van der Waals surface area contributed by atoms with Gasteiger partial charge in [-0.1, -0.05) is 0 Å². The summed E-state index contributed by atoms with van der Waals surface area (Å²) >= 11 is 0. The lowest BCUT2D eigenvalue weighted by Crippen LogP contribution is -2.18. The van der Waals surface area contributed by atoms with Gasteiger partial charge in [-0.25, -0.2) is 0 Å². The van der Waals surface area contributed by atoms with Crippen molar-refractivity contribution < 1.29 is 9.47 Å². The fourth-order valence-electron chi connectivity index (χ4n) is 1.58. The Morgan fingerprint density at radius 1 is 1.29 bits per heavy atom. The van der Waals surface area contributed by atoms with Crippen LogP contribution in [-0.4, -0.2) is 32.5 Å². The van der Waals surface area contributed by atoms with Gasteiger partial charge >= 0.3 is 0 Å². The van der Waals surface area contributed by atoms with Gasteiger partial charge in [0.25, 0.3) is 0 Å². The number of rotatable bonds is 8. The van der Waals surface area contributed by atoms with Gasteiger partial charge in [-0.05, 0) is 45.1 Å². The van der Waals surface area contributed by atoms with Crippen molar-refractivity contribution in [2.24, 2.45) is 11.1 Å². The number of ether oxygens (including phenoxy) is 2. The van der Waals surface area contributed by atoms with E-state index in [1.54, 1.807) is 0 Å². The van der Waals surface area contributed by atoms with Gasteiger partial charge < -0.3 is 15.2 Å². The van der Waals surface area contributed by atoms with Crippen LogP contribution in [0.4, 0.5) is 0 Å². The molecular weight excluding hydrogens is 178 g/mol. The highest BCUT2D eigenvalue weighted by molar-refractivity contribution is 4.92. The Morgan fingerprint density at radius 3 is 2.50 bits per heavy atom. The van der Waals surface area contributed by atoms with Crippen molar-refractivity contribution in [1.82, 2.24) is 0 Å². The number of hydrogen-bond acceptors (Lipinski definition) is 3. The van der Waals surface area contributed by atoms with E-state index in [-0.39, 0.29) is 0 Å². The molecule has 14 heavy (non-hydrogen) atoms. The van der Waals surface area contributed by atoms with E-state index in [2.05, 4.69) is 0 Å². The molecule has 0 aromatic heterocycles. The average molecular weight is 201 g/mol. The largest absolute Gasteiger partial charge is 0.378 e. The fourth-order valence-corrected chi connectivity index (χ4v) is 1.58. The SMILES string of the molecule is CC(C)OCCOCC1(CCN)CC1. The van der Waals surface area contributed by atoms with E-state index < -0.39 is 0 Å². The minimum Gasteiger partial charge on any atom is -0.378 e. The van der Waals surface area contributed by atoms with Crippen LogP contribution in [0.5, 0.6) is 0 Å². The molecule has 0 aliphatic heterocycles. The van der Waals surface area contributed by atoms with Gasteiger partial charge in [-0.3, -0.25) is 0 Å². The van der Waals surface area contributed by atoms with Crippen molar-refractivity contribution in [3.63, 3.8) is 0 Å². The highest BCUT2D eigenvalue weighted by Crippen LogP contribution is 2.48. The first-order valence-electron chi connectivity index (χ1n) is 5.58. The standard InChI is InChI=1S/C11H23NO2/c1-10(2)14-8-7-13-9-11(3-4-11)5-6-12/h10H,3-9,12H2,1-2H3. The second-order valence-electron chi connectivity index (χ2n) is 4.51. The molecule has 0 aromatic carbocycles. The van der Waals surface area contributed by atoms with E-state index in [1.165, 1.54) is 12.8 Å². The van der Waals surface area contributed by atoms with E-state index in [0.717, 1.165) is 19.6 Å². The molecule has 0 heterocycles. The normalized spacial score (nSPS) is 18.9. The molecule has 0 aromatic rings. The summed E-state index contributed by atoms with van der Waals surface area (Å²) in [5.74, 6) is 0. The molecule has 84 valence electrons. The summed E-state index contributed by atoms with van der Waals surface area (Å²) in [6.45, 7) is 7.14. The predicted molar refractivity (Wildman–Crippen MR) is 57.2 cm³/mol. The first-order chi connectivity index (χ1) is 6.68. The van der Waals surface area contributed by atoms with Crippen LogP contribution < -0.4 is 5.73 Å². The Hall–Kier alpha value is -0.120. The molecule has 1 fully saturated rings. The molecule has 1 aliphatic rings. The average Bonchev–Trinajstić information content (AvgIpc) is 2.85. The first kappa shape index (κ1) is 12.0. The van der Waals surface area contributed by atoms with Crippen LogP contribution in [0.1, 0.15) is 33.1 Å². The molecule has 0 saturated heterocycles. The summed E-state index contributed by atoms with van der Waals surface area (Å²) in [4.78, 5) is 0. The van der Waals surface area contributed by atoms with Crippen molar-refractivity contribution in [3.05, 3.63) is 0 Å². The fraction of sp³-hybridized carbons (Fsp3) is 1.00. The summed E-state index contributed by atoms with van der Waals surface area (Å²) in [5.41, 5.74) is 5.98. The third kappa shape index (κ3) is 4.40. The summed E-state index contributed by atoms with van der Waals surface area (Å²) in [5, 5.41) is 0. The van der Waals surface area contributed by atoms with Crippen LogP contribution in [-0.2, 0) is 9.47 Å². The molecule has 0 amide bonds. The molecule has 1 rings (SSSR count). The highest BCUT2D eigenvalue weighted by atomic mass is 16.5. The third-order valence-electron chi connectivity index (χ3n) is 2.72. The first-order valence-corrected chi connectivity index (χ1v) is 5.58. The van der Waals surface area contributed by atoms with Crippen molar-refractivity contribution >= 4 is 0 Å². The molecule has 1 aliphatic carbocycles. The summed E-state index contributed by atoms with van der Waals surface area (Å²) in [6, 6.07) is 0. The van der Waals surface area contributed by atoms with E-state index in [0.29, 0.717) is 24.7 Å². The van der Waals surface area contributed by atoms with Gasteiger partial charge in [0.1, 0.15) is 0 Å². The second kappa shape index (κ2) is 5.69. The molecule has 0 radical (unpaired) electrons. The minimum atomic E-state index is 0.303. The van der Waals surface area contributed by atoms with Crippen LogP contribution in [0.25, 0.3) is 0 Å². The summed E-state index contributed by atoms with van der Waals surface area (Å²) in [7, 11) is 0. The smallest absolute Gasteiger partial charge is 0.0703 e. The Morgan fingerprint density at radius 2 is 2.00 bits per heavy atom. The van der Waals surface area contributed by atoms with Gasteiger partial charge in [0.2, 0.25) is 0 Å². The monoisotopic (exact) mass is 201 g/mol. The zero-order chi connectivity index (χ0) is 10.4. The maximum Gasteiger partial charge on any atom is 0.0703 e. The maximum absolute atomic E-state index is 5.58. The van der Waals surface area contributed by atoms with Gasteiger partial charge in [0, 0.05) is 0 Å². The molecule has 0 bridgehead atoms. The minimum absolute atomic E-state index is 0.303. The van der Waals surface area contributed by atoms with E-state index >= 15 is 0 Å². The van der Waals surface area contributed by atoms with Crippen LogP contribution in [0.3, 0.4) is 0 Å². The van der Waals surface area contributed by atoms with Crippen molar-refractivity contribution in [3.8, 4) is 0 Å². The quantitative estimate of drug-likeness (QED) is 0.606. The second-order valence-corrected chi connectivity index (χ2v) is 4.51.